The summed E-state index contributed by atoms with van der Waals surface area (Å²) in [7, 11) is 0. The second-order valence-electron chi connectivity index (χ2n) is 8.24. The molecule has 4 nitrogen and oxygen atoms in total. The molecule has 0 saturated heterocycles. The molecule has 200 valence electrons. The fourth-order valence-corrected chi connectivity index (χ4v) is 4.70. The molecule has 0 spiro atoms. The zero-order valence-electron chi connectivity index (χ0n) is 18.9. The van der Waals surface area contributed by atoms with Crippen molar-refractivity contribution in [1.29, 1.82) is 0 Å². The number of aryl methyl sites for hydroxylation is 1. The fourth-order valence-electron chi connectivity index (χ4n) is 3.73. The van der Waals surface area contributed by atoms with E-state index in [1.807, 2.05) is 0 Å². The number of nitrogens with zero attached hydrogens (tertiary/aromatic N) is 1. The molecule has 1 atom stereocenters. The van der Waals surface area contributed by atoms with Crippen LogP contribution in [-0.2, 0) is 41.9 Å². The molecular weight excluding hydrogens is 611 g/mol. The van der Waals surface area contributed by atoms with Crippen molar-refractivity contribution in [1.82, 2.24) is 15.3 Å². The molecule has 0 fully saturated rings. The molecule has 1 unspecified atom stereocenters. The molecule has 2 aromatic carbocycles. The minimum Gasteiger partial charge on any atom is -0.352 e. The second-order valence-corrected chi connectivity index (χ2v) is 9.62. The van der Waals surface area contributed by atoms with Crippen LogP contribution in [0.25, 0.3) is 0 Å². The quantitative estimate of drug-likeness (QED) is 0.229. The van der Waals surface area contributed by atoms with Crippen LogP contribution in [0.5, 0.6) is 0 Å². The third-order valence-corrected chi connectivity index (χ3v) is 6.93. The highest BCUT2D eigenvalue weighted by Gasteiger charge is 2.34. The third-order valence-electron chi connectivity index (χ3n) is 5.66. The predicted molar refractivity (Wildman–Crippen MR) is 131 cm³/mol. The number of benzene rings is 2. The van der Waals surface area contributed by atoms with E-state index in [-0.39, 0.29) is 28.4 Å². The van der Waals surface area contributed by atoms with Crippen molar-refractivity contribution in [2.75, 3.05) is 0 Å². The van der Waals surface area contributed by atoms with Gasteiger partial charge in [0.1, 0.15) is 0 Å². The van der Waals surface area contributed by atoms with Crippen molar-refractivity contribution in [3.05, 3.63) is 86.4 Å². The van der Waals surface area contributed by atoms with Gasteiger partial charge in [0.25, 0.3) is 0 Å². The Hall–Kier alpha value is -2.24. The highest BCUT2D eigenvalue weighted by molar-refractivity contribution is 9.08. The first kappa shape index (κ1) is 29.3. The first-order chi connectivity index (χ1) is 17.3. The zero-order valence-corrected chi connectivity index (χ0v) is 22.0. The molecular formula is C24H20BrCl2F6N3O. The zero-order chi connectivity index (χ0) is 27.4. The average molecular weight is 631 g/mol. The first-order valence-electron chi connectivity index (χ1n) is 10.9. The molecule has 4 rings (SSSR count). The van der Waals surface area contributed by atoms with Gasteiger partial charge in [0, 0.05) is 29.9 Å². The number of amides is 1. The molecule has 0 aliphatic heterocycles. The SMILES string of the molecule is FC(F)(F)c1ccc(CBr)cc1Cl.O=C(NCc1ccc(C(F)(F)F)c(Cl)c1)C1CCc2nc[nH]c2C1. The molecule has 1 aliphatic carbocycles. The smallest absolute Gasteiger partial charge is 0.352 e. The Balaban J connectivity index is 0.000000248. The van der Waals surface area contributed by atoms with E-state index in [1.54, 1.807) is 6.33 Å². The van der Waals surface area contributed by atoms with Gasteiger partial charge in [0.15, 0.2) is 0 Å². The van der Waals surface area contributed by atoms with Crippen LogP contribution < -0.4 is 5.32 Å². The monoisotopic (exact) mass is 629 g/mol. The van der Waals surface area contributed by atoms with E-state index in [0.717, 1.165) is 35.5 Å². The number of halogens is 9. The summed E-state index contributed by atoms with van der Waals surface area (Å²) in [6.45, 7) is 0.142. The molecule has 1 aromatic heterocycles. The highest BCUT2D eigenvalue weighted by atomic mass is 79.9. The van der Waals surface area contributed by atoms with Gasteiger partial charge in [-0.25, -0.2) is 4.98 Å². The number of aromatic nitrogens is 2. The Morgan fingerprint density at radius 3 is 2.11 bits per heavy atom. The molecule has 13 heteroatoms. The summed E-state index contributed by atoms with van der Waals surface area (Å²) >= 11 is 14.3. The number of hydrogen-bond acceptors (Lipinski definition) is 2. The molecule has 0 saturated carbocycles. The number of H-pyrrole nitrogens is 1. The van der Waals surface area contributed by atoms with Crippen LogP contribution in [-0.4, -0.2) is 15.9 Å². The van der Waals surface area contributed by atoms with Crippen LogP contribution in [0.15, 0.2) is 42.7 Å². The van der Waals surface area contributed by atoms with Crippen LogP contribution in [0.4, 0.5) is 26.3 Å². The number of carbonyl (C=O) groups excluding carboxylic acids is 1. The van der Waals surface area contributed by atoms with Gasteiger partial charge < -0.3 is 10.3 Å². The first-order valence-corrected chi connectivity index (χ1v) is 12.7. The summed E-state index contributed by atoms with van der Waals surface area (Å²) in [6.07, 6.45) is -5.20. The lowest BCUT2D eigenvalue weighted by molar-refractivity contribution is -0.138. The summed E-state index contributed by atoms with van der Waals surface area (Å²) in [4.78, 5) is 19.5. The maximum absolute atomic E-state index is 12.7. The van der Waals surface area contributed by atoms with Crippen molar-refractivity contribution >= 4 is 45.0 Å². The molecule has 0 bridgehead atoms. The second kappa shape index (κ2) is 12.1. The van der Waals surface area contributed by atoms with E-state index in [2.05, 4.69) is 31.2 Å². The summed E-state index contributed by atoms with van der Waals surface area (Å²) in [5.41, 5.74) is 1.54. The lowest BCUT2D eigenvalue weighted by Crippen LogP contribution is -2.33. The van der Waals surface area contributed by atoms with Crippen LogP contribution in [0, 0.1) is 5.92 Å². The summed E-state index contributed by atoms with van der Waals surface area (Å²) in [5.74, 6) is -0.283. The van der Waals surface area contributed by atoms with Gasteiger partial charge in [-0.3, -0.25) is 4.79 Å². The molecule has 3 aromatic rings. The van der Waals surface area contributed by atoms with Gasteiger partial charge in [-0.1, -0.05) is 51.3 Å². The average Bonchev–Trinajstić information content (AvgIpc) is 3.29. The van der Waals surface area contributed by atoms with Crippen molar-refractivity contribution in [2.24, 2.45) is 5.92 Å². The lowest BCUT2D eigenvalue weighted by Gasteiger charge is -2.20. The predicted octanol–water partition coefficient (Wildman–Crippen LogP) is 7.76. The van der Waals surface area contributed by atoms with Crippen LogP contribution in [0.2, 0.25) is 10.0 Å². The number of imidazole rings is 1. The van der Waals surface area contributed by atoms with Crippen LogP contribution >= 0.6 is 39.1 Å². The van der Waals surface area contributed by atoms with Crippen molar-refractivity contribution in [3.63, 3.8) is 0 Å². The molecule has 1 amide bonds. The van der Waals surface area contributed by atoms with Crippen LogP contribution in [0.1, 0.15) is 40.1 Å². The van der Waals surface area contributed by atoms with Gasteiger partial charge in [-0.15, -0.1) is 0 Å². The van der Waals surface area contributed by atoms with Gasteiger partial charge in [0.05, 0.1) is 33.2 Å². The number of hydrogen-bond donors (Lipinski definition) is 2. The fraction of sp³-hybridized carbons (Fsp3) is 0.333. The summed E-state index contributed by atoms with van der Waals surface area (Å²) in [5, 5.41) is 2.63. The topological polar surface area (TPSA) is 57.8 Å². The molecule has 2 N–H and O–H groups in total. The van der Waals surface area contributed by atoms with Gasteiger partial charge in [-0.2, -0.15) is 26.3 Å². The normalized spacial score (nSPS) is 15.4. The van der Waals surface area contributed by atoms with E-state index < -0.39 is 23.5 Å². The number of fused-ring (bicyclic) bond motifs is 1. The van der Waals surface area contributed by atoms with Crippen molar-refractivity contribution < 1.29 is 31.1 Å². The molecule has 37 heavy (non-hydrogen) atoms. The van der Waals surface area contributed by atoms with Gasteiger partial charge in [0.2, 0.25) is 5.91 Å². The Labute approximate surface area is 226 Å². The molecule has 1 aliphatic rings. The van der Waals surface area contributed by atoms with Crippen molar-refractivity contribution in [2.45, 2.75) is 43.5 Å². The van der Waals surface area contributed by atoms with Crippen LogP contribution in [0.3, 0.4) is 0 Å². The standard InChI is InChI=1S/C16H15ClF3N3O.C8H5BrClF3/c17-12-5-9(1-3-11(12)16(18,19)20)7-21-15(24)10-2-4-13-14(6-10)23-8-22-13;9-4-5-1-2-6(7(10)3-5)8(11,12)13/h1,3,5,8,10H,2,4,6-7H2,(H,21,24)(H,22,23);1-3H,4H2. The Morgan fingerprint density at radius 2 is 1.57 bits per heavy atom. The number of alkyl halides is 7. The van der Waals surface area contributed by atoms with E-state index in [9.17, 15) is 31.1 Å². The van der Waals surface area contributed by atoms with E-state index >= 15 is 0 Å². The summed E-state index contributed by atoms with van der Waals surface area (Å²) < 4.78 is 74.6. The lowest BCUT2D eigenvalue weighted by atomic mass is 9.89. The third kappa shape index (κ3) is 7.87. The van der Waals surface area contributed by atoms with Crippen molar-refractivity contribution in [3.8, 4) is 0 Å². The van der Waals surface area contributed by atoms with E-state index in [4.69, 9.17) is 23.2 Å². The Bertz CT molecular complexity index is 1250. The number of aromatic amines is 1. The van der Waals surface area contributed by atoms with E-state index in [1.165, 1.54) is 24.3 Å². The maximum atomic E-state index is 12.7. The molecule has 0 radical (unpaired) electrons. The van der Waals surface area contributed by atoms with Gasteiger partial charge in [-0.05, 0) is 48.2 Å². The maximum Gasteiger partial charge on any atom is 0.417 e. The number of nitrogens with one attached hydrogen (secondary N) is 2. The molecule has 1 heterocycles. The highest BCUT2D eigenvalue weighted by Crippen LogP contribution is 2.36. The summed E-state index contributed by atoms with van der Waals surface area (Å²) in [6, 6.07) is 7.17. The number of carbonyl (C=O) groups is 1. The Kier molecular flexibility index (Phi) is 9.57. The Morgan fingerprint density at radius 1 is 1.00 bits per heavy atom. The number of rotatable bonds is 4. The minimum absolute atomic E-state index is 0.119. The minimum atomic E-state index is -4.48. The van der Waals surface area contributed by atoms with E-state index in [0.29, 0.717) is 23.7 Å². The largest absolute Gasteiger partial charge is 0.417 e. The van der Waals surface area contributed by atoms with Gasteiger partial charge >= 0.3 is 12.4 Å².